The SMILES string of the molecule is CCn1cc(NC(=O)CCCCC(=O)O)ccc1=O. The lowest BCUT2D eigenvalue weighted by atomic mass is 10.2. The summed E-state index contributed by atoms with van der Waals surface area (Å²) in [4.78, 5) is 33.3. The van der Waals surface area contributed by atoms with Crippen LogP contribution in [0.2, 0.25) is 0 Å². The third-order valence-electron chi connectivity index (χ3n) is 2.65. The molecule has 0 aliphatic carbocycles. The number of carboxylic acids is 1. The van der Waals surface area contributed by atoms with E-state index in [1.165, 1.54) is 10.6 Å². The Hall–Kier alpha value is -2.11. The summed E-state index contributed by atoms with van der Waals surface area (Å²) < 4.78 is 1.50. The van der Waals surface area contributed by atoms with Gasteiger partial charge in [0.15, 0.2) is 0 Å². The maximum absolute atomic E-state index is 11.6. The van der Waals surface area contributed by atoms with Crippen molar-refractivity contribution in [2.24, 2.45) is 0 Å². The first-order chi connectivity index (χ1) is 9.02. The molecule has 0 aliphatic heterocycles. The van der Waals surface area contributed by atoms with E-state index in [2.05, 4.69) is 5.32 Å². The van der Waals surface area contributed by atoms with E-state index in [0.29, 0.717) is 25.1 Å². The molecule has 6 nitrogen and oxygen atoms in total. The van der Waals surface area contributed by atoms with Crippen molar-refractivity contribution in [3.63, 3.8) is 0 Å². The molecule has 0 saturated heterocycles. The second-order valence-corrected chi connectivity index (χ2v) is 4.19. The van der Waals surface area contributed by atoms with Crippen LogP contribution in [0.4, 0.5) is 5.69 Å². The van der Waals surface area contributed by atoms with Crippen molar-refractivity contribution in [3.05, 3.63) is 28.7 Å². The van der Waals surface area contributed by atoms with Crippen LogP contribution in [0.3, 0.4) is 0 Å². The number of aromatic nitrogens is 1. The van der Waals surface area contributed by atoms with Crippen LogP contribution >= 0.6 is 0 Å². The normalized spacial score (nSPS) is 10.2. The van der Waals surface area contributed by atoms with Gasteiger partial charge >= 0.3 is 5.97 Å². The molecule has 1 rings (SSSR count). The number of unbranched alkanes of at least 4 members (excludes halogenated alkanes) is 1. The van der Waals surface area contributed by atoms with Crippen molar-refractivity contribution < 1.29 is 14.7 Å². The second-order valence-electron chi connectivity index (χ2n) is 4.19. The predicted octanol–water partition coefficient (Wildman–Crippen LogP) is 1.45. The van der Waals surface area contributed by atoms with Crippen molar-refractivity contribution in [3.8, 4) is 0 Å². The number of aliphatic carboxylic acids is 1. The highest BCUT2D eigenvalue weighted by Gasteiger charge is 2.04. The van der Waals surface area contributed by atoms with Crippen molar-refractivity contribution in [2.75, 3.05) is 5.32 Å². The zero-order valence-electron chi connectivity index (χ0n) is 10.9. The van der Waals surface area contributed by atoms with E-state index in [1.807, 2.05) is 6.92 Å². The summed E-state index contributed by atoms with van der Waals surface area (Å²) in [5.74, 6) is -1.03. The van der Waals surface area contributed by atoms with Gasteiger partial charge in [0, 0.05) is 31.6 Å². The molecule has 0 bridgehead atoms. The third-order valence-corrected chi connectivity index (χ3v) is 2.65. The summed E-state index contributed by atoms with van der Waals surface area (Å²) in [7, 11) is 0. The highest BCUT2D eigenvalue weighted by molar-refractivity contribution is 5.90. The van der Waals surface area contributed by atoms with Crippen LogP contribution in [0.25, 0.3) is 0 Å². The molecule has 0 unspecified atom stereocenters. The minimum atomic E-state index is -0.851. The lowest BCUT2D eigenvalue weighted by molar-refractivity contribution is -0.137. The van der Waals surface area contributed by atoms with Gasteiger partial charge in [-0.2, -0.15) is 0 Å². The fourth-order valence-corrected chi connectivity index (χ4v) is 1.64. The minimum Gasteiger partial charge on any atom is -0.481 e. The molecule has 6 heteroatoms. The molecule has 0 spiro atoms. The van der Waals surface area contributed by atoms with E-state index in [1.54, 1.807) is 12.3 Å². The number of nitrogens with one attached hydrogen (secondary N) is 1. The molecule has 0 fully saturated rings. The first-order valence-electron chi connectivity index (χ1n) is 6.25. The van der Waals surface area contributed by atoms with Crippen LogP contribution in [-0.2, 0) is 16.1 Å². The Morgan fingerprint density at radius 2 is 1.95 bits per heavy atom. The molecule has 0 radical (unpaired) electrons. The first kappa shape index (κ1) is 14.9. The van der Waals surface area contributed by atoms with E-state index in [9.17, 15) is 14.4 Å². The third kappa shape index (κ3) is 5.37. The maximum Gasteiger partial charge on any atom is 0.303 e. The number of nitrogens with zero attached hydrogens (tertiary/aromatic N) is 1. The van der Waals surface area contributed by atoms with E-state index < -0.39 is 5.97 Å². The van der Waals surface area contributed by atoms with Gasteiger partial charge in [-0.1, -0.05) is 0 Å². The Bertz CT molecular complexity index is 508. The van der Waals surface area contributed by atoms with Gasteiger partial charge in [-0.15, -0.1) is 0 Å². The van der Waals surface area contributed by atoms with Gasteiger partial charge in [-0.05, 0) is 25.8 Å². The summed E-state index contributed by atoms with van der Waals surface area (Å²) in [6.45, 7) is 2.39. The summed E-state index contributed by atoms with van der Waals surface area (Å²) in [6, 6.07) is 2.97. The van der Waals surface area contributed by atoms with E-state index >= 15 is 0 Å². The van der Waals surface area contributed by atoms with Gasteiger partial charge in [0.25, 0.3) is 5.56 Å². The van der Waals surface area contributed by atoms with Crippen LogP contribution in [-0.4, -0.2) is 21.6 Å². The quantitative estimate of drug-likeness (QED) is 0.731. The number of hydrogen-bond donors (Lipinski definition) is 2. The molecule has 0 aliphatic rings. The van der Waals surface area contributed by atoms with Crippen LogP contribution in [0.15, 0.2) is 23.1 Å². The van der Waals surface area contributed by atoms with Gasteiger partial charge in [0.05, 0.1) is 5.69 Å². The standard InChI is InChI=1S/C13H18N2O4/c1-2-15-9-10(7-8-12(15)17)14-11(16)5-3-4-6-13(18)19/h7-9H,2-6H2,1H3,(H,14,16)(H,18,19). The highest BCUT2D eigenvalue weighted by Crippen LogP contribution is 2.06. The Morgan fingerprint density at radius 1 is 1.26 bits per heavy atom. The fraction of sp³-hybridized carbons (Fsp3) is 0.462. The summed E-state index contributed by atoms with van der Waals surface area (Å²) in [5, 5.41) is 11.2. The number of hydrogen-bond acceptors (Lipinski definition) is 3. The van der Waals surface area contributed by atoms with Crippen molar-refractivity contribution >= 4 is 17.6 Å². The minimum absolute atomic E-state index is 0.0774. The summed E-state index contributed by atoms with van der Waals surface area (Å²) in [6.07, 6.45) is 2.97. The van der Waals surface area contributed by atoms with Gasteiger partial charge < -0.3 is 15.0 Å². The summed E-state index contributed by atoms with van der Waals surface area (Å²) in [5.41, 5.74) is 0.464. The molecule has 0 atom stereocenters. The predicted molar refractivity (Wildman–Crippen MR) is 71.1 cm³/mol. The zero-order valence-corrected chi connectivity index (χ0v) is 10.9. The number of amides is 1. The molecular formula is C13H18N2O4. The number of rotatable bonds is 7. The largest absolute Gasteiger partial charge is 0.481 e. The van der Waals surface area contributed by atoms with Crippen LogP contribution in [0.1, 0.15) is 32.6 Å². The number of anilines is 1. The number of carbonyl (C=O) groups is 2. The Balaban J connectivity index is 2.44. The van der Waals surface area contributed by atoms with Gasteiger partial charge in [-0.3, -0.25) is 14.4 Å². The molecular weight excluding hydrogens is 248 g/mol. The van der Waals surface area contributed by atoms with E-state index in [0.717, 1.165) is 0 Å². The topological polar surface area (TPSA) is 88.4 Å². The Kier molecular flexibility index (Phi) is 5.78. The molecule has 1 amide bonds. The number of aryl methyl sites for hydroxylation is 1. The average Bonchev–Trinajstić information content (AvgIpc) is 2.37. The molecule has 2 N–H and O–H groups in total. The maximum atomic E-state index is 11.6. The smallest absolute Gasteiger partial charge is 0.303 e. The van der Waals surface area contributed by atoms with Gasteiger partial charge in [0.2, 0.25) is 5.91 Å². The molecule has 19 heavy (non-hydrogen) atoms. The second kappa shape index (κ2) is 7.35. The molecule has 1 aromatic heterocycles. The fourth-order valence-electron chi connectivity index (χ4n) is 1.64. The monoisotopic (exact) mass is 266 g/mol. The first-order valence-corrected chi connectivity index (χ1v) is 6.25. The Labute approximate surface area is 111 Å². The molecule has 1 heterocycles. The molecule has 0 aromatic carbocycles. The Morgan fingerprint density at radius 3 is 2.58 bits per heavy atom. The number of carboxylic acid groups (broad SMARTS) is 1. The molecule has 1 aromatic rings. The highest BCUT2D eigenvalue weighted by atomic mass is 16.4. The number of pyridine rings is 1. The lowest BCUT2D eigenvalue weighted by Crippen LogP contribution is -2.19. The molecule has 0 saturated carbocycles. The van der Waals surface area contributed by atoms with E-state index in [4.69, 9.17) is 5.11 Å². The van der Waals surface area contributed by atoms with Gasteiger partial charge in [0.1, 0.15) is 0 Å². The molecule has 104 valence electrons. The van der Waals surface area contributed by atoms with Crippen LogP contribution in [0.5, 0.6) is 0 Å². The average molecular weight is 266 g/mol. The van der Waals surface area contributed by atoms with E-state index in [-0.39, 0.29) is 24.3 Å². The number of carbonyl (C=O) groups excluding carboxylic acids is 1. The van der Waals surface area contributed by atoms with Crippen molar-refractivity contribution in [1.29, 1.82) is 0 Å². The lowest BCUT2D eigenvalue weighted by Gasteiger charge is -2.07. The van der Waals surface area contributed by atoms with Crippen LogP contribution in [0, 0.1) is 0 Å². The van der Waals surface area contributed by atoms with Gasteiger partial charge in [-0.25, -0.2) is 0 Å². The van der Waals surface area contributed by atoms with Crippen molar-refractivity contribution in [2.45, 2.75) is 39.2 Å². The summed E-state index contributed by atoms with van der Waals surface area (Å²) >= 11 is 0. The zero-order chi connectivity index (χ0) is 14.3. The van der Waals surface area contributed by atoms with Crippen LogP contribution < -0.4 is 10.9 Å². The van der Waals surface area contributed by atoms with Crippen molar-refractivity contribution in [1.82, 2.24) is 4.57 Å².